The van der Waals surface area contributed by atoms with Gasteiger partial charge in [0.05, 0.1) is 6.26 Å². The first-order valence-electron chi connectivity index (χ1n) is 6.75. The molecule has 0 aromatic rings. The molecule has 0 aromatic heterocycles. The number of hydrogen-bond donors (Lipinski definition) is 2. The summed E-state index contributed by atoms with van der Waals surface area (Å²) in [6.45, 7) is 2.71. The Kier molecular flexibility index (Phi) is 4.17. The van der Waals surface area contributed by atoms with Crippen molar-refractivity contribution >= 4 is 15.9 Å². The highest BCUT2D eigenvalue weighted by Crippen LogP contribution is 2.58. The van der Waals surface area contributed by atoms with Crippen LogP contribution >= 0.6 is 0 Å². The number of piperidine rings is 1. The topological polar surface area (TPSA) is 78.5 Å². The molecule has 1 saturated carbocycles. The van der Waals surface area contributed by atoms with Gasteiger partial charge in [0.15, 0.2) is 0 Å². The van der Waals surface area contributed by atoms with Gasteiger partial charge in [-0.15, -0.1) is 0 Å². The quantitative estimate of drug-likeness (QED) is 0.707. The monoisotopic (exact) mass is 289 g/mol. The van der Waals surface area contributed by atoms with Crippen molar-refractivity contribution in [3.8, 4) is 0 Å². The molecule has 110 valence electrons. The summed E-state index contributed by atoms with van der Waals surface area (Å²) in [4.78, 5) is 12.0. The van der Waals surface area contributed by atoms with Crippen molar-refractivity contribution in [1.29, 1.82) is 0 Å². The summed E-state index contributed by atoms with van der Waals surface area (Å²) >= 11 is 0. The van der Waals surface area contributed by atoms with Gasteiger partial charge in [0.25, 0.3) is 0 Å². The lowest BCUT2D eigenvalue weighted by molar-refractivity contribution is -0.123. The van der Waals surface area contributed by atoms with E-state index < -0.39 is 10.0 Å². The maximum absolute atomic E-state index is 12.0. The number of nitrogens with zero attached hydrogens (tertiary/aromatic N) is 1. The van der Waals surface area contributed by atoms with E-state index in [1.54, 1.807) is 0 Å². The standard InChI is InChI=1S/C12H23N3O3S/c1-15(19(2,17)18)8-7-14-11(16)10-9-12(10)3-5-13-6-4-12/h10,13H,3-9H2,1-2H3,(H,14,16)/t10-/m1/s1. The zero-order valence-electron chi connectivity index (χ0n) is 11.6. The van der Waals surface area contributed by atoms with E-state index in [1.807, 2.05) is 0 Å². The van der Waals surface area contributed by atoms with Crippen LogP contribution in [0.15, 0.2) is 0 Å². The number of rotatable bonds is 5. The van der Waals surface area contributed by atoms with Crippen molar-refractivity contribution < 1.29 is 13.2 Å². The van der Waals surface area contributed by atoms with Crippen molar-refractivity contribution in [3.63, 3.8) is 0 Å². The van der Waals surface area contributed by atoms with Crippen LogP contribution in [0.3, 0.4) is 0 Å². The van der Waals surface area contributed by atoms with Crippen LogP contribution in [0, 0.1) is 11.3 Å². The Balaban J connectivity index is 1.72. The third-order valence-corrected chi connectivity index (χ3v) is 5.71. The average molecular weight is 289 g/mol. The van der Waals surface area contributed by atoms with Gasteiger partial charge in [-0.2, -0.15) is 0 Å². The number of amides is 1. The molecule has 0 radical (unpaired) electrons. The van der Waals surface area contributed by atoms with Crippen molar-refractivity contribution in [2.24, 2.45) is 11.3 Å². The molecular weight excluding hydrogens is 266 g/mol. The SMILES string of the molecule is CN(CCNC(=O)[C@H]1CC12CCNCC2)S(C)(=O)=O. The minimum atomic E-state index is -3.16. The van der Waals surface area contributed by atoms with Crippen LogP contribution in [0.1, 0.15) is 19.3 Å². The normalized spacial score (nSPS) is 25.5. The molecule has 2 N–H and O–H groups in total. The summed E-state index contributed by atoms with van der Waals surface area (Å²) in [6, 6.07) is 0. The lowest BCUT2D eigenvalue weighted by Gasteiger charge is -2.23. The highest BCUT2D eigenvalue weighted by atomic mass is 32.2. The van der Waals surface area contributed by atoms with Crippen molar-refractivity contribution in [3.05, 3.63) is 0 Å². The van der Waals surface area contributed by atoms with Gasteiger partial charge in [-0.1, -0.05) is 0 Å². The molecule has 19 heavy (non-hydrogen) atoms. The largest absolute Gasteiger partial charge is 0.355 e. The molecule has 1 spiro atoms. The zero-order valence-corrected chi connectivity index (χ0v) is 12.4. The van der Waals surface area contributed by atoms with E-state index >= 15 is 0 Å². The summed E-state index contributed by atoms with van der Waals surface area (Å²) in [5, 5.41) is 6.16. The van der Waals surface area contributed by atoms with Crippen LogP contribution in [0.5, 0.6) is 0 Å². The van der Waals surface area contributed by atoms with Gasteiger partial charge >= 0.3 is 0 Å². The van der Waals surface area contributed by atoms with Gasteiger partial charge in [-0.25, -0.2) is 12.7 Å². The van der Waals surface area contributed by atoms with E-state index in [0.29, 0.717) is 13.1 Å². The lowest BCUT2D eigenvalue weighted by Crippen LogP contribution is -2.38. The second kappa shape index (κ2) is 5.38. The minimum Gasteiger partial charge on any atom is -0.355 e. The van der Waals surface area contributed by atoms with Gasteiger partial charge in [0.2, 0.25) is 15.9 Å². The van der Waals surface area contributed by atoms with Crippen LogP contribution in [-0.4, -0.2) is 58.1 Å². The Morgan fingerprint density at radius 2 is 2.05 bits per heavy atom. The number of sulfonamides is 1. The molecule has 7 heteroatoms. The van der Waals surface area contributed by atoms with Crippen LogP contribution in [0.4, 0.5) is 0 Å². The van der Waals surface area contributed by atoms with E-state index in [9.17, 15) is 13.2 Å². The molecule has 1 amide bonds. The molecule has 2 fully saturated rings. The van der Waals surface area contributed by atoms with Gasteiger partial charge in [0.1, 0.15) is 0 Å². The molecule has 1 heterocycles. The van der Waals surface area contributed by atoms with Crippen LogP contribution in [0.2, 0.25) is 0 Å². The van der Waals surface area contributed by atoms with Gasteiger partial charge in [-0.05, 0) is 37.8 Å². The average Bonchev–Trinajstić information content (AvgIpc) is 3.02. The Hall–Kier alpha value is -0.660. The first kappa shape index (κ1) is 14.7. The molecule has 2 rings (SSSR count). The summed E-state index contributed by atoms with van der Waals surface area (Å²) in [5.41, 5.74) is 0.234. The molecule has 1 aliphatic heterocycles. The Morgan fingerprint density at radius 1 is 1.42 bits per heavy atom. The Morgan fingerprint density at radius 3 is 2.63 bits per heavy atom. The predicted molar refractivity (Wildman–Crippen MR) is 73.1 cm³/mol. The van der Waals surface area contributed by atoms with E-state index in [1.165, 1.54) is 17.6 Å². The molecule has 0 bridgehead atoms. The Bertz CT molecular complexity index is 443. The summed E-state index contributed by atoms with van der Waals surface area (Å²) in [5.74, 6) is 0.224. The molecular formula is C12H23N3O3S. The predicted octanol–water partition coefficient (Wildman–Crippen LogP) is -0.616. The molecule has 1 atom stereocenters. The minimum absolute atomic E-state index is 0.0869. The molecule has 0 unspecified atom stereocenters. The highest BCUT2D eigenvalue weighted by Gasteiger charge is 2.57. The van der Waals surface area contributed by atoms with E-state index in [4.69, 9.17) is 0 Å². The van der Waals surface area contributed by atoms with Crippen molar-refractivity contribution in [2.45, 2.75) is 19.3 Å². The smallest absolute Gasteiger partial charge is 0.223 e. The van der Waals surface area contributed by atoms with Crippen LogP contribution in [0.25, 0.3) is 0 Å². The van der Waals surface area contributed by atoms with Crippen LogP contribution in [-0.2, 0) is 14.8 Å². The lowest BCUT2D eigenvalue weighted by atomic mass is 9.92. The number of nitrogens with one attached hydrogen (secondary N) is 2. The maximum atomic E-state index is 12.0. The molecule has 1 aliphatic carbocycles. The fourth-order valence-corrected chi connectivity index (χ4v) is 3.24. The summed E-state index contributed by atoms with van der Waals surface area (Å²) in [7, 11) is -1.64. The van der Waals surface area contributed by atoms with E-state index in [-0.39, 0.29) is 17.2 Å². The van der Waals surface area contributed by atoms with Crippen LogP contribution < -0.4 is 10.6 Å². The maximum Gasteiger partial charge on any atom is 0.223 e. The van der Waals surface area contributed by atoms with Gasteiger partial charge < -0.3 is 10.6 Å². The van der Waals surface area contributed by atoms with Crippen molar-refractivity contribution in [1.82, 2.24) is 14.9 Å². The number of carbonyl (C=O) groups excluding carboxylic acids is 1. The summed E-state index contributed by atoms with van der Waals surface area (Å²) in [6.07, 6.45) is 4.31. The molecule has 2 aliphatic rings. The third kappa shape index (κ3) is 3.46. The third-order valence-electron chi connectivity index (χ3n) is 4.40. The first-order chi connectivity index (χ1) is 8.85. The highest BCUT2D eigenvalue weighted by molar-refractivity contribution is 7.88. The molecule has 6 nitrogen and oxygen atoms in total. The van der Waals surface area contributed by atoms with E-state index in [0.717, 1.165) is 32.4 Å². The molecule has 0 aromatic carbocycles. The second-order valence-electron chi connectivity index (χ2n) is 5.74. The Labute approximate surface area is 115 Å². The zero-order chi connectivity index (χ0) is 14.1. The van der Waals surface area contributed by atoms with Gasteiger partial charge in [-0.3, -0.25) is 4.79 Å². The fourth-order valence-electron chi connectivity index (χ4n) is 2.82. The molecule has 1 saturated heterocycles. The first-order valence-corrected chi connectivity index (χ1v) is 8.60. The van der Waals surface area contributed by atoms with Gasteiger partial charge in [0, 0.05) is 26.1 Å². The summed E-state index contributed by atoms with van der Waals surface area (Å²) < 4.78 is 23.7. The second-order valence-corrected chi connectivity index (χ2v) is 7.83. The van der Waals surface area contributed by atoms with Crippen molar-refractivity contribution in [2.75, 3.05) is 39.5 Å². The number of carbonyl (C=O) groups is 1. The number of likely N-dealkylation sites (N-methyl/N-ethyl adjacent to an activating group) is 1. The number of hydrogen-bond acceptors (Lipinski definition) is 4. The van der Waals surface area contributed by atoms with E-state index in [2.05, 4.69) is 10.6 Å². The fraction of sp³-hybridized carbons (Fsp3) is 0.917.